The molecule has 80 valence electrons. The lowest BCUT2D eigenvalue weighted by molar-refractivity contribution is -0.0127. The first-order valence-corrected chi connectivity index (χ1v) is 5.71. The first-order chi connectivity index (χ1) is 6.88. The van der Waals surface area contributed by atoms with Crippen molar-refractivity contribution in [1.29, 1.82) is 0 Å². The van der Waals surface area contributed by atoms with Crippen molar-refractivity contribution in [3.8, 4) is 0 Å². The molecule has 2 aliphatic heterocycles. The van der Waals surface area contributed by atoms with E-state index < -0.39 is 0 Å². The quantitative estimate of drug-likeness (QED) is 0.708. The summed E-state index contributed by atoms with van der Waals surface area (Å²) in [7, 11) is 0. The van der Waals surface area contributed by atoms with Gasteiger partial charge in [-0.1, -0.05) is 0 Å². The minimum Gasteiger partial charge on any atom is -0.393 e. The van der Waals surface area contributed by atoms with Crippen molar-refractivity contribution in [3.05, 3.63) is 0 Å². The van der Waals surface area contributed by atoms with E-state index in [1.165, 1.54) is 0 Å². The molecule has 2 heterocycles. The average molecular weight is 198 g/mol. The summed E-state index contributed by atoms with van der Waals surface area (Å²) in [5, 5.41) is 10.2. The van der Waals surface area contributed by atoms with Gasteiger partial charge in [0, 0.05) is 13.2 Å². The third kappa shape index (κ3) is 1.38. The zero-order chi connectivity index (χ0) is 9.54. The molecule has 0 radical (unpaired) electrons. The molecule has 3 atom stereocenters. The van der Waals surface area contributed by atoms with Crippen LogP contribution in [0.3, 0.4) is 0 Å². The van der Waals surface area contributed by atoms with Gasteiger partial charge in [0.05, 0.1) is 19.3 Å². The molecule has 0 amide bonds. The van der Waals surface area contributed by atoms with Gasteiger partial charge in [-0.15, -0.1) is 0 Å². The number of ether oxygens (including phenoxy) is 2. The van der Waals surface area contributed by atoms with Crippen molar-refractivity contribution in [1.82, 2.24) is 0 Å². The Morgan fingerprint density at radius 1 is 1.00 bits per heavy atom. The molecule has 0 aromatic heterocycles. The summed E-state index contributed by atoms with van der Waals surface area (Å²) < 4.78 is 10.6. The average Bonchev–Trinajstić information content (AvgIpc) is 2.72. The SMILES string of the molecule is OC(C1CCOCC1)C1C2COCC21. The Kier molecular flexibility index (Phi) is 2.26. The molecular formula is C11H18O3. The lowest BCUT2D eigenvalue weighted by atomic mass is 9.90. The lowest BCUT2D eigenvalue weighted by Gasteiger charge is -2.27. The molecule has 0 aromatic rings. The Labute approximate surface area is 84.4 Å². The van der Waals surface area contributed by atoms with Crippen molar-refractivity contribution >= 4 is 0 Å². The van der Waals surface area contributed by atoms with Crippen molar-refractivity contribution in [2.75, 3.05) is 26.4 Å². The molecule has 3 nitrogen and oxygen atoms in total. The molecule has 1 aliphatic carbocycles. The number of aliphatic hydroxyl groups excluding tert-OH is 1. The minimum absolute atomic E-state index is 0.0854. The Morgan fingerprint density at radius 3 is 2.29 bits per heavy atom. The number of fused-ring (bicyclic) bond motifs is 1. The molecule has 0 bridgehead atoms. The van der Waals surface area contributed by atoms with E-state index in [9.17, 15) is 5.11 Å². The van der Waals surface area contributed by atoms with E-state index in [1.807, 2.05) is 0 Å². The van der Waals surface area contributed by atoms with E-state index in [-0.39, 0.29) is 6.10 Å². The topological polar surface area (TPSA) is 38.7 Å². The molecule has 3 heteroatoms. The van der Waals surface area contributed by atoms with Gasteiger partial charge in [0.1, 0.15) is 0 Å². The molecule has 14 heavy (non-hydrogen) atoms. The predicted molar refractivity (Wildman–Crippen MR) is 50.8 cm³/mol. The normalized spacial score (nSPS) is 44.8. The largest absolute Gasteiger partial charge is 0.393 e. The Balaban J connectivity index is 1.57. The highest BCUT2D eigenvalue weighted by Crippen LogP contribution is 2.54. The molecular weight excluding hydrogens is 180 g/mol. The highest BCUT2D eigenvalue weighted by Gasteiger charge is 2.58. The number of aliphatic hydroxyl groups is 1. The van der Waals surface area contributed by atoms with Crippen LogP contribution >= 0.6 is 0 Å². The van der Waals surface area contributed by atoms with Crippen molar-refractivity contribution in [2.45, 2.75) is 18.9 Å². The van der Waals surface area contributed by atoms with Crippen molar-refractivity contribution in [2.24, 2.45) is 23.7 Å². The summed E-state index contributed by atoms with van der Waals surface area (Å²) in [5.74, 6) is 2.38. The highest BCUT2D eigenvalue weighted by atomic mass is 16.5. The van der Waals surface area contributed by atoms with E-state index in [1.54, 1.807) is 0 Å². The molecule has 1 N–H and O–H groups in total. The second kappa shape index (κ2) is 3.47. The smallest absolute Gasteiger partial charge is 0.0605 e. The monoisotopic (exact) mass is 198 g/mol. The zero-order valence-electron chi connectivity index (χ0n) is 8.39. The summed E-state index contributed by atoms with van der Waals surface area (Å²) in [5.41, 5.74) is 0. The minimum atomic E-state index is -0.0854. The fourth-order valence-electron chi connectivity index (χ4n) is 3.16. The zero-order valence-corrected chi connectivity index (χ0v) is 8.39. The van der Waals surface area contributed by atoms with Gasteiger partial charge >= 0.3 is 0 Å². The third-order valence-corrected chi connectivity index (χ3v) is 4.16. The van der Waals surface area contributed by atoms with Crippen LogP contribution in [-0.2, 0) is 9.47 Å². The van der Waals surface area contributed by atoms with Gasteiger partial charge < -0.3 is 14.6 Å². The maximum atomic E-state index is 10.2. The van der Waals surface area contributed by atoms with Crippen LogP contribution < -0.4 is 0 Å². The molecule has 0 aromatic carbocycles. The summed E-state index contributed by atoms with van der Waals surface area (Å²) >= 11 is 0. The van der Waals surface area contributed by atoms with E-state index >= 15 is 0 Å². The Bertz CT molecular complexity index is 201. The summed E-state index contributed by atoms with van der Waals surface area (Å²) in [6, 6.07) is 0. The van der Waals surface area contributed by atoms with Gasteiger partial charge in [0.15, 0.2) is 0 Å². The van der Waals surface area contributed by atoms with Crippen molar-refractivity contribution in [3.63, 3.8) is 0 Å². The molecule has 3 aliphatic rings. The standard InChI is InChI=1S/C11H18O3/c12-11(7-1-3-13-4-2-7)10-8-5-14-6-9(8)10/h7-12H,1-6H2. The second-order valence-corrected chi connectivity index (χ2v) is 4.88. The Morgan fingerprint density at radius 2 is 1.64 bits per heavy atom. The van der Waals surface area contributed by atoms with Gasteiger partial charge in [-0.25, -0.2) is 0 Å². The highest BCUT2D eigenvalue weighted by molar-refractivity contribution is 5.05. The van der Waals surface area contributed by atoms with Crippen LogP contribution in [0.1, 0.15) is 12.8 Å². The van der Waals surface area contributed by atoms with Crippen LogP contribution in [0.4, 0.5) is 0 Å². The van der Waals surface area contributed by atoms with Gasteiger partial charge in [-0.2, -0.15) is 0 Å². The summed E-state index contributed by atoms with van der Waals surface area (Å²) in [6.45, 7) is 3.44. The number of hydrogen-bond donors (Lipinski definition) is 1. The van der Waals surface area contributed by atoms with E-state index in [2.05, 4.69) is 0 Å². The van der Waals surface area contributed by atoms with Crippen LogP contribution in [0.25, 0.3) is 0 Å². The number of rotatable bonds is 2. The summed E-state index contributed by atoms with van der Waals surface area (Å²) in [4.78, 5) is 0. The maximum absolute atomic E-state index is 10.2. The van der Waals surface area contributed by atoms with Gasteiger partial charge in [0.25, 0.3) is 0 Å². The molecule has 1 saturated carbocycles. The molecule has 3 fully saturated rings. The van der Waals surface area contributed by atoms with E-state index in [4.69, 9.17) is 9.47 Å². The number of hydrogen-bond acceptors (Lipinski definition) is 3. The van der Waals surface area contributed by atoms with Crippen LogP contribution in [0, 0.1) is 23.7 Å². The van der Waals surface area contributed by atoms with Crippen LogP contribution in [-0.4, -0.2) is 37.6 Å². The molecule has 3 rings (SSSR count). The first kappa shape index (κ1) is 9.13. The Hall–Kier alpha value is -0.120. The van der Waals surface area contributed by atoms with Crippen LogP contribution in [0.2, 0.25) is 0 Å². The van der Waals surface area contributed by atoms with Gasteiger partial charge in [-0.05, 0) is 36.5 Å². The molecule has 3 unspecified atom stereocenters. The fourth-order valence-corrected chi connectivity index (χ4v) is 3.16. The second-order valence-electron chi connectivity index (χ2n) is 4.88. The van der Waals surface area contributed by atoms with Crippen LogP contribution in [0.15, 0.2) is 0 Å². The lowest BCUT2D eigenvalue weighted by Crippen LogP contribution is -2.30. The third-order valence-electron chi connectivity index (χ3n) is 4.16. The van der Waals surface area contributed by atoms with Crippen molar-refractivity contribution < 1.29 is 14.6 Å². The summed E-state index contributed by atoms with van der Waals surface area (Å²) in [6.07, 6.45) is 1.99. The van der Waals surface area contributed by atoms with Gasteiger partial charge in [0.2, 0.25) is 0 Å². The van der Waals surface area contributed by atoms with E-state index in [0.717, 1.165) is 39.3 Å². The van der Waals surface area contributed by atoms with Crippen LogP contribution in [0.5, 0.6) is 0 Å². The first-order valence-electron chi connectivity index (χ1n) is 5.71. The fraction of sp³-hybridized carbons (Fsp3) is 1.00. The van der Waals surface area contributed by atoms with Gasteiger partial charge in [-0.3, -0.25) is 0 Å². The predicted octanol–water partition coefficient (Wildman–Crippen LogP) is 0.666. The molecule has 2 saturated heterocycles. The maximum Gasteiger partial charge on any atom is 0.0605 e. The molecule has 0 spiro atoms. The van der Waals surface area contributed by atoms with E-state index in [0.29, 0.717) is 23.7 Å².